The first-order valence-corrected chi connectivity index (χ1v) is 9.49. The van der Waals surface area contributed by atoms with Crippen molar-refractivity contribution in [2.45, 2.75) is 19.4 Å². The second kappa shape index (κ2) is 8.19. The molecule has 142 valence electrons. The van der Waals surface area contributed by atoms with Crippen molar-refractivity contribution in [2.75, 3.05) is 24.1 Å². The molecule has 6 nitrogen and oxygen atoms in total. The normalized spacial score (nSPS) is 14.1. The third kappa shape index (κ3) is 4.18. The molecule has 0 unspecified atom stereocenters. The van der Waals surface area contributed by atoms with Gasteiger partial charge in [-0.15, -0.1) is 0 Å². The van der Waals surface area contributed by atoms with Crippen LogP contribution in [0.5, 0.6) is 0 Å². The number of aromatic nitrogens is 2. The van der Waals surface area contributed by atoms with Crippen LogP contribution in [0.1, 0.15) is 28.9 Å². The van der Waals surface area contributed by atoms with E-state index >= 15 is 0 Å². The Balaban J connectivity index is 1.57. The first-order valence-electron chi connectivity index (χ1n) is 9.49. The van der Waals surface area contributed by atoms with Crippen LogP contribution in [-0.2, 0) is 6.54 Å². The number of nitrogens with zero attached hydrogens (tertiary/aromatic N) is 3. The van der Waals surface area contributed by atoms with E-state index in [9.17, 15) is 4.79 Å². The van der Waals surface area contributed by atoms with Crippen molar-refractivity contribution in [3.05, 3.63) is 72.1 Å². The number of nitrogens with two attached hydrogens (primary N) is 1. The zero-order chi connectivity index (χ0) is 19.3. The summed E-state index contributed by atoms with van der Waals surface area (Å²) in [5, 5.41) is 2.81. The molecule has 0 saturated carbocycles. The molecule has 1 aliphatic rings. The van der Waals surface area contributed by atoms with Crippen LogP contribution < -0.4 is 11.1 Å². The van der Waals surface area contributed by atoms with Crippen LogP contribution >= 0.6 is 0 Å². The van der Waals surface area contributed by atoms with E-state index in [1.165, 1.54) is 18.4 Å². The van der Waals surface area contributed by atoms with Gasteiger partial charge in [-0.1, -0.05) is 36.4 Å². The Kier molecular flexibility index (Phi) is 5.30. The summed E-state index contributed by atoms with van der Waals surface area (Å²) in [6, 6.07) is 17.4. The third-order valence-corrected chi connectivity index (χ3v) is 4.88. The highest BCUT2D eigenvalue weighted by Crippen LogP contribution is 2.22. The number of para-hydroxylation sites is 1. The predicted molar refractivity (Wildman–Crippen MR) is 111 cm³/mol. The first kappa shape index (κ1) is 18.1. The minimum atomic E-state index is -0.369. The van der Waals surface area contributed by atoms with Crippen molar-refractivity contribution in [2.24, 2.45) is 0 Å². The minimum Gasteiger partial charge on any atom is -0.382 e. The Morgan fingerprint density at radius 2 is 1.86 bits per heavy atom. The lowest BCUT2D eigenvalue weighted by atomic mass is 10.1. The van der Waals surface area contributed by atoms with Crippen LogP contribution in [0.25, 0.3) is 11.3 Å². The largest absolute Gasteiger partial charge is 0.382 e. The fraction of sp³-hybridized carbons (Fsp3) is 0.227. The summed E-state index contributed by atoms with van der Waals surface area (Å²) in [6.07, 6.45) is 4.15. The molecule has 0 bridgehead atoms. The lowest BCUT2D eigenvalue weighted by Gasteiger charge is -2.15. The maximum absolute atomic E-state index is 12.6. The van der Waals surface area contributed by atoms with Gasteiger partial charge in [-0.25, -0.2) is 9.97 Å². The molecule has 6 heteroatoms. The van der Waals surface area contributed by atoms with Gasteiger partial charge in [0.15, 0.2) is 11.5 Å². The number of hydrogen-bond donors (Lipinski definition) is 2. The van der Waals surface area contributed by atoms with Gasteiger partial charge in [0.1, 0.15) is 0 Å². The van der Waals surface area contributed by atoms with E-state index in [0.29, 0.717) is 11.4 Å². The van der Waals surface area contributed by atoms with Crippen LogP contribution in [-0.4, -0.2) is 33.9 Å². The lowest BCUT2D eigenvalue weighted by molar-refractivity contribution is 0.102. The molecular formula is C22H23N5O. The van der Waals surface area contributed by atoms with Crippen molar-refractivity contribution in [1.82, 2.24) is 14.9 Å². The molecule has 2 heterocycles. The number of likely N-dealkylation sites (tertiary alicyclic amines) is 1. The molecule has 1 aliphatic heterocycles. The second-order valence-electron chi connectivity index (χ2n) is 6.99. The van der Waals surface area contributed by atoms with Crippen LogP contribution in [0.15, 0.2) is 60.8 Å². The third-order valence-electron chi connectivity index (χ3n) is 4.88. The predicted octanol–water partition coefficient (Wildman–Crippen LogP) is 3.57. The topological polar surface area (TPSA) is 84.1 Å². The Bertz CT molecular complexity index is 968. The van der Waals surface area contributed by atoms with Gasteiger partial charge in [-0.2, -0.15) is 0 Å². The van der Waals surface area contributed by atoms with Crippen molar-refractivity contribution < 1.29 is 4.79 Å². The molecule has 2 aromatic carbocycles. The Morgan fingerprint density at radius 1 is 1.07 bits per heavy atom. The summed E-state index contributed by atoms with van der Waals surface area (Å²) in [7, 11) is 0. The maximum atomic E-state index is 12.6. The highest BCUT2D eigenvalue weighted by Gasteiger charge is 2.16. The molecule has 3 N–H and O–H groups in total. The van der Waals surface area contributed by atoms with Crippen molar-refractivity contribution >= 4 is 17.4 Å². The highest BCUT2D eigenvalue weighted by molar-refractivity contribution is 6.05. The molecule has 1 saturated heterocycles. The monoisotopic (exact) mass is 373 g/mol. The van der Waals surface area contributed by atoms with Crippen LogP contribution in [0.4, 0.5) is 11.5 Å². The molecule has 1 fully saturated rings. The highest BCUT2D eigenvalue weighted by atomic mass is 16.1. The van der Waals surface area contributed by atoms with Gasteiger partial charge < -0.3 is 11.1 Å². The smallest absolute Gasteiger partial charge is 0.278 e. The molecule has 0 atom stereocenters. The summed E-state index contributed by atoms with van der Waals surface area (Å²) < 4.78 is 0. The number of carbonyl (C=O) groups is 1. The zero-order valence-electron chi connectivity index (χ0n) is 15.6. The SMILES string of the molecule is Nc1ncc(-c2cccc(CN3CCCC3)c2)nc1C(=O)Nc1ccccc1. The van der Waals surface area contributed by atoms with E-state index in [-0.39, 0.29) is 17.4 Å². The molecule has 0 radical (unpaired) electrons. The van der Waals surface area contributed by atoms with Gasteiger partial charge >= 0.3 is 0 Å². The van der Waals surface area contributed by atoms with Crippen LogP contribution in [0, 0.1) is 0 Å². The van der Waals surface area contributed by atoms with E-state index < -0.39 is 0 Å². The van der Waals surface area contributed by atoms with E-state index in [4.69, 9.17) is 5.73 Å². The van der Waals surface area contributed by atoms with Gasteiger partial charge in [0.25, 0.3) is 5.91 Å². The Morgan fingerprint density at radius 3 is 2.64 bits per heavy atom. The summed E-state index contributed by atoms with van der Waals surface area (Å²) in [5.41, 5.74) is 9.53. The van der Waals surface area contributed by atoms with Gasteiger partial charge in [-0.05, 0) is 49.7 Å². The number of hydrogen-bond acceptors (Lipinski definition) is 5. The zero-order valence-corrected chi connectivity index (χ0v) is 15.6. The van der Waals surface area contributed by atoms with E-state index in [1.54, 1.807) is 6.20 Å². The molecule has 0 aliphatic carbocycles. The van der Waals surface area contributed by atoms with Gasteiger partial charge in [0.05, 0.1) is 11.9 Å². The lowest BCUT2D eigenvalue weighted by Crippen LogP contribution is -2.18. The molecule has 1 aromatic heterocycles. The second-order valence-corrected chi connectivity index (χ2v) is 6.99. The minimum absolute atomic E-state index is 0.116. The molecule has 0 spiro atoms. The maximum Gasteiger partial charge on any atom is 0.278 e. The fourth-order valence-corrected chi connectivity index (χ4v) is 3.44. The molecular weight excluding hydrogens is 350 g/mol. The van der Waals surface area contributed by atoms with E-state index in [2.05, 4.69) is 32.3 Å². The average Bonchev–Trinajstić information content (AvgIpc) is 3.22. The molecule has 4 rings (SSSR count). The van der Waals surface area contributed by atoms with Gasteiger partial charge in [0.2, 0.25) is 0 Å². The summed E-state index contributed by atoms with van der Waals surface area (Å²) in [5.74, 6) is -0.253. The quantitative estimate of drug-likeness (QED) is 0.714. The molecule has 28 heavy (non-hydrogen) atoms. The van der Waals surface area contributed by atoms with Crippen molar-refractivity contribution in [3.8, 4) is 11.3 Å². The Labute approximate surface area is 164 Å². The number of nitrogens with one attached hydrogen (secondary N) is 1. The van der Waals surface area contributed by atoms with Gasteiger partial charge in [0, 0.05) is 17.8 Å². The Hall–Kier alpha value is -3.25. The fourth-order valence-electron chi connectivity index (χ4n) is 3.44. The summed E-state index contributed by atoms with van der Waals surface area (Å²) in [6.45, 7) is 3.23. The first-order chi connectivity index (χ1) is 13.7. The number of benzene rings is 2. The van der Waals surface area contributed by atoms with Gasteiger partial charge in [-0.3, -0.25) is 9.69 Å². The number of amides is 1. The summed E-state index contributed by atoms with van der Waals surface area (Å²) in [4.78, 5) is 23.8. The van der Waals surface area contributed by atoms with E-state index in [0.717, 1.165) is 25.2 Å². The van der Waals surface area contributed by atoms with E-state index in [1.807, 2.05) is 42.5 Å². The molecule has 1 amide bonds. The number of carbonyl (C=O) groups excluding carboxylic acids is 1. The van der Waals surface area contributed by atoms with Crippen molar-refractivity contribution in [1.29, 1.82) is 0 Å². The number of rotatable bonds is 5. The summed E-state index contributed by atoms with van der Waals surface area (Å²) >= 11 is 0. The number of nitrogen functional groups attached to an aromatic ring is 1. The van der Waals surface area contributed by atoms with Crippen molar-refractivity contribution in [3.63, 3.8) is 0 Å². The molecule has 3 aromatic rings. The standard InChI is InChI=1S/C22H23N5O/c23-21-20(22(28)25-18-9-2-1-3-10-18)26-19(14-24-21)17-8-6-7-16(13-17)15-27-11-4-5-12-27/h1-3,6-10,13-14H,4-5,11-12,15H2,(H2,23,24)(H,25,28). The number of anilines is 2. The van der Waals surface area contributed by atoms with Crippen LogP contribution in [0.2, 0.25) is 0 Å². The average molecular weight is 373 g/mol. The van der Waals surface area contributed by atoms with Crippen LogP contribution in [0.3, 0.4) is 0 Å².